The van der Waals surface area contributed by atoms with E-state index in [1.165, 1.54) is 11.1 Å². The molecular formula is C28H25N3O3. The molecule has 1 aliphatic carbocycles. The fraction of sp³-hybridized carbons (Fsp3) is 0.179. The summed E-state index contributed by atoms with van der Waals surface area (Å²) in [4.78, 5) is 22.0. The van der Waals surface area contributed by atoms with Crippen LogP contribution < -0.4 is 14.8 Å². The molecule has 170 valence electrons. The van der Waals surface area contributed by atoms with E-state index in [1.54, 1.807) is 19.4 Å². The van der Waals surface area contributed by atoms with Crippen LogP contribution in [0.1, 0.15) is 40.4 Å². The third kappa shape index (κ3) is 4.62. The first-order valence-electron chi connectivity index (χ1n) is 11.3. The first-order chi connectivity index (χ1) is 16.7. The fourth-order valence-electron chi connectivity index (χ4n) is 4.30. The molecule has 1 aliphatic rings. The number of amides is 1. The van der Waals surface area contributed by atoms with E-state index in [-0.39, 0.29) is 11.9 Å². The van der Waals surface area contributed by atoms with Crippen molar-refractivity contribution < 1.29 is 14.3 Å². The Bertz CT molecular complexity index is 1320. The summed E-state index contributed by atoms with van der Waals surface area (Å²) < 4.78 is 11.3. The Labute approximate surface area is 198 Å². The summed E-state index contributed by atoms with van der Waals surface area (Å²) in [5.74, 6) is 1.94. The summed E-state index contributed by atoms with van der Waals surface area (Å²) in [5, 5.41) is 3.21. The Morgan fingerprint density at radius 1 is 0.971 bits per heavy atom. The van der Waals surface area contributed by atoms with E-state index < -0.39 is 0 Å². The number of nitrogens with zero attached hydrogens (tertiary/aromatic N) is 2. The van der Waals surface area contributed by atoms with Gasteiger partial charge in [-0.2, -0.15) is 4.98 Å². The van der Waals surface area contributed by atoms with Gasteiger partial charge >= 0.3 is 0 Å². The Morgan fingerprint density at radius 2 is 1.79 bits per heavy atom. The number of aromatic nitrogens is 2. The molecule has 0 saturated heterocycles. The lowest BCUT2D eigenvalue weighted by Gasteiger charge is -2.26. The molecule has 0 bridgehead atoms. The SMILES string of the molecule is COc1ccccc1Oc1ccnc(-c2cccc(C(=O)NC3CCCc4ccccc43)c2)n1. The number of hydrogen-bond donors (Lipinski definition) is 1. The van der Waals surface area contributed by atoms with Gasteiger partial charge in [-0.1, -0.05) is 48.5 Å². The molecule has 1 atom stereocenters. The molecule has 1 aromatic heterocycles. The fourth-order valence-corrected chi connectivity index (χ4v) is 4.30. The molecule has 1 N–H and O–H groups in total. The highest BCUT2D eigenvalue weighted by Crippen LogP contribution is 2.31. The minimum Gasteiger partial charge on any atom is -0.493 e. The number of nitrogens with one attached hydrogen (secondary N) is 1. The molecule has 1 heterocycles. The number of benzene rings is 3. The Balaban J connectivity index is 1.35. The van der Waals surface area contributed by atoms with Crippen LogP contribution in [0.3, 0.4) is 0 Å². The molecule has 1 amide bonds. The predicted octanol–water partition coefficient (Wildman–Crippen LogP) is 5.75. The van der Waals surface area contributed by atoms with Gasteiger partial charge in [0.1, 0.15) is 0 Å². The molecule has 4 aromatic rings. The first-order valence-corrected chi connectivity index (χ1v) is 11.3. The largest absolute Gasteiger partial charge is 0.493 e. The molecule has 1 unspecified atom stereocenters. The number of ether oxygens (including phenoxy) is 2. The normalized spacial score (nSPS) is 14.7. The second-order valence-corrected chi connectivity index (χ2v) is 8.17. The molecular weight excluding hydrogens is 426 g/mol. The molecule has 3 aromatic carbocycles. The van der Waals surface area contributed by atoms with E-state index in [1.807, 2.05) is 54.6 Å². The Morgan fingerprint density at radius 3 is 2.68 bits per heavy atom. The van der Waals surface area contributed by atoms with E-state index in [0.717, 1.165) is 24.8 Å². The molecule has 6 nitrogen and oxygen atoms in total. The number of carbonyl (C=O) groups excluding carboxylic acids is 1. The van der Waals surface area contributed by atoms with Gasteiger partial charge in [-0.25, -0.2) is 4.98 Å². The van der Waals surface area contributed by atoms with E-state index in [2.05, 4.69) is 33.5 Å². The Hall–Kier alpha value is -4.19. The number of para-hydroxylation sites is 2. The number of methoxy groups -OCH3 is 1. The summed E-state index contributed by atoms with van der Waals surface area (Å²) in [6.07, 6.45) is 4.70. The second kappa shape index (κ2) is 9.75. The van der Waals surface area contributed by atoms with Crippen molar-refractivity contribution in [2.45, 2.75) is 25.3 Å². The summed E-state index contributed by atoms with van der Waals surface area (Å²) in [6.45, 7) is 0. The van der Waals surface area contributed by atoms with Crippen molar-refractivity contribution in [3.63, 3.8) is 0 Å². The lowest BCUT2D eigenvalue weighted by Crippen LogP contribution is -2.30. The maximum absolute atomic E-state index is 13.1. The molecule has 5 rings (SSSR count). The second-order valence-electron chi connectivity index (χ2n) is 8.17. The standard InChI is InChI=1S/C28H25N3O3/c1-33-24-14-4-5-15-25(24)34-26-16-17-29-27(31-26)20-10-6-11-21(18-20)28(32)30-23-13-7-9-19-8-2-3-12-22(19)23/h2-6,8,10-12,14-18,23H,7,9,13H2,1H3,(H,30,32). The predicted molar refractivity (Wildman–Crippen MR) is 130 cm³/mol. The summed E-state index contributed by atoms with van der Waals surface area (Å²) in [6, 6.07) is 24.8. The van der Waals surface area contributed by atoms with Crippen molar-refractivity contribution in [1.29, 1.82) is 0 Å². The van der Waals surface area contributed by atoms with Gasteiger partial charge in [-0.3, -0.25) is 4.79 Å². The van der Waals surface area contributed by atoms with E-state index >= 15 is 0 Å². The molecule has 6 heteroatoms. The number of rotatable bonds is 6. The monoisotopic (exact) mass is 451 g/mol. The van der Waals surface area contributed by atoms with Gasteiger partial charge in [-0.15, -0.1) is 0 Å². The van der Waals surface area contributed by atoms with Crippen LogP contribution in [0.2, 0.25) is 0 Å². The van der Waals surface area contributed by atoms with Crippen LogP contribution in [0.15, 0.2) is 85.1 Å². The van der Waals surface area contributed by atoms with Crippen LogP contribution in [-0.4, -0.2) is 23.0 Å². The number of aryl methyl sites for hydroxylation is 1. The minimum absolute atomic E-state index is 0.0231. The average Bonchev–Trinajstić information content (AvgIpc) is 2.89. The van der Waals surface area contributed by atoms with Gasteiger partial charge < -0.3 is 14.8 Å². The van der Waals surface area contributed by atoms with E-state index in [4.69, 9.17) is 9.47 Å². The zero-order valence-electron chi connectivity index (χ0n) is 18.9. The third-order valence-electron chi connectivity index (χ3n) is 5.97. The minimum atomic E-state index is -0.107. The van der Waals surface area contributed by atoms with Crippen LogP contribution in [0, 0.1) is 0 Å². The summed E-state index contributed by atoms with van der Waals surface area (Å²) in [7, 11) is 1.59. The van der Waals surface area contributed by atoms with Crippen molar-refractivity contribution in [1.82, 2.24) is 15.3 Å². The van der Waals surface area contributed by atoms with Crippen molar-refractivity contribution in [2.75, 3.05) is 7.11 Å². The van der Waals surface area contributed by atoms with Gasteiger partial charge in [0.25, 0.3) is 5.91 Å². The highest BCUT2D eigenvalue weighted by molar-refractivity contribution is 5.95. The molecule has 0 spiro atoms. The van der Waals surface area contributed by atoms with Crippen LogP contribution in [-0.2, 0) is 6.42 Å². The van der Waals surface area contributed by atoms with Crippen molar-refractivity contribution in [3.05, 3.63) is 102 Å². The number of carbonyl (C=O) groups is 1. The number of hydrogen-bond acceptors (Lipinski definition) is 5. The smallest absolute Gasteiger partial charge is 0.251 e. The summed E-state index contributed by atoms with van der Waals surface area (Å²) in [5.41, 5.74) is 3.83. The van der Waals surface area contributed by atoms with Crippen molar-refractivity contribution in [2.24, 2.45) is 0 Å². The highest BCUT2D eigenvalue weighted by atomic mass is 16.5. The van der Waals surface area contributed by atoms with E-state index in [9.17, 15) is 4.79 Å². The molecule has 0 aliphatic heterocycles. The molecule has 0 radical (unpaired) electrons. The van der Waals surface area contributed by atoms with Crippen molar-refractivity contribution in [3.8, 4) is 28.8 Å². The van der Waals surface area contributed by atoms with E-state index in [0.29, 0.717) is 28.8 Å². The zero-order valence-corrected chi connectivity index (χ0v) is 18.9. The maximum atomic E-state index is 13.1. The summed E-state index contributed by atoms with van der Waals surface area (Å²) >= 11 is 0. The first kappa shape index (κ1) is 21.6. The van der Waals surface area contributed by atoms with Crippen LogP contribution in [0.4, 0.5) is 0 Å². The van der Waals surface area contributed by atoms with Gasteiger partial charge in [0, 0.05) is 23.4 Å². The molecule has 0 saturated carbocycles. The molecule has 34 heavy (non-hydrogen) atoms. The highest BCUT2D eigenvalue weighted by Gasteiger charge is 2.22. The quantitative estimate of drug-likeness (QED) is 0.404. The molecule has 0 fully saturated rings. The van der Waals surface area contributed by atoms with Gasteiger partial charge in [0.15, 0.2) is 17.3 Å². The van der Waals surface area contributed by atoms with Gasteiger partial charge in [0.05, 0.1) is 13.2 Å². The van der Waals surface area contributed by atoms with Crippen molar-refractivity contribution >= 4 is 5.91 Å². The maximum Gasteiger partial charge on any atom is 0.251 e. The van der Waals surface area contributed by atoms with Gasteiger partial charge in [0.2, 0.25) is 5.88 Å². The lowest BCUT2D eigenvalue weighted by molar-refractivity contribution is 0.0933. The Kier molecular flexibility index (Phi) is 6.21. The van der Waals surface area contributed by atoms with Gasteiger partial charge in [-0.05, 0) is 54.7 Å². The van der Waals surface area contributed by atoms with Crippen LogP contribution >= 0.6 is 0 Å². The van der Waals surface area contributed by atoms with Crippen LogP contribution in [0.5, 0.6) is 17.4 Å². The lowest BCUT2D eigenvalue weighted by atomic mass is 9.87. The average molecular weight is 452 g/mol. The topological polar surface area (TPSA) is 73.3 Å². The third-order valence-corrected chi connectivity index (χ3v) is 5.97. The number of fused-ring (bicyclic) bond motifs is 1. The zero-order chi connectivity index (χ0) is 23.3. The van der Waals surface area contributed by atoms with Crippen LogP contribution in [0.25, 0.3) is 11.4 Å².